The smallest absolute Gasteiger partial charge is 0.187 e. The molecule has 0 spiro atoms. The summed E-state index contributed by atoms with van der Waals surface area (Å²) in [5, 5.41) is 11.8. The molecule has 4 rings (SSSR count). The Kier molecular flexibility index (Phi) is 3.85. The summed E-state index contributed by atoms with van der Waals surface area (Å²) in [6.07, 6.45) is 3.22. The fraction of sp³-hybridized carbons (Fsp3) is 0.0625. The summed E-state index contributed by atoms with van der Waals surface area (Å²) in [5.41, 5.74) is 3.11. The van der Waals surface area contributed by atoms with Gasteiger partial charge < -0.3 is 5.32 Å². The third kappa shape index (κ3) is 2.72. The van der Waals surface area contributed by atoms with Crippen LogP contribution in [-0.4, -0.2) is 30.8 Å². The average Bonchev–Trinajstić information content (AvgIpc) is 3.25. The first kappa shape index (κ1) is 15.6. The molecule has 3 heterocycles. The molecule has 0 bridgehead atoms. The summed E-state index contributed by atoms with van der Waals surface area (Å²) in [6.45, 7) is 0. The van der Waals surface area contributed by atoms with Crippen LogP contribution >= 0.6 is 12.3 Å². The van der Waals surface area contributed by atoms with E-state index in [9.17, 15) is 8.28 Å². The molecule has 3 aromatic heterocycles. The number of aromatic nitrogens is 5. The van der Waals surface area contributed by atoms with Crippen LogP contribution in [0.2, 0.25) is 0 Å². The van der Waals surface area contributed by atoms with Crippen LogP contribution in [0, 0.1) is 5.82 Å². The van der Waals surface area contributed by atoms with Crippen molar-refractivity contribution in [3.05, 3.63) is 54.6 Å². The molecule has 0 aliphatic rings. The Morgan fingerprint density at radius 3 is 2.60 bits per heavy atom. The number of nitrogens with one attached hydrogen (secondary N) is 1. The number of benzene rings is 1. The highest BCUT2D eigenvalue weighted by Crippen LogP contribution is 2.31. The summed E-state index contributed by atoms with van der Waals surface area (Å²) < 4.78 is 29.0. The third-order valence-corrected chi connectivity index (χ3v) is 4.10. The van der Waals surface area contributed by atoms with Crippen LogP contribution in [0.1, 0.15) is 0 Å². The van der Waals surface area contributed by atoms with Crippen molar-refractivity contribution in [1.82, 2.24) is 23.8 Å². The van der Waals surface area contributed by atoms with E-state index in [1.165, 1.54) is 12.1 Å². The van der Waals surface area contributed by atoms with Gasteiger partial charge in [0.2, 0.25) is 0 Å². The molecule has 0 aliphatic heterocycles. The molecule has 0 saturated carbocycles. The first-order valence-electron chi connectivity index (χ1n) is 7.37. The Balaban J connectivity index is 1.89. The number of halogens is 2. The highest BCUT2D eigenvalue weighted by molar-refractivity contribution is 7.92. The van der Waals surface area contributed by atoms with Gasteiger partial charge in [-0.25, -0.2) is 9.37 Å². The van der Waals surface area contributed by atoms with Crippen molar-refractivity contribution in [2.75, 3.05) is 12.4 Å². The molecule has 25 heavy (non-hydrogen) atoms. The van der Waals surface area contributed by atoms with Crippen molar-refractivity contribution in [2.24, 2.45) is 0 Å². The normalized spacial score (nSPS) is 11.2. The van der Waals surface area contributed by atoms with Gasteiger partial charge in [-0.2, -0.15) is 18.8 Å². The van der Waals surface area contributed by atoms with E-state index in [4.69, 9.17) is 0 Å². The minimum absolute atomic E-state index is 0.0186. The highest BCUT2D eigenvalue weighted by Gasteiger charge is 2.16. The molecule has 0 amide bonds. The highest BCUT2D eigenvalue weighted by atomic mass is 32.2. The predicted octanol–water partition coefficient (Wildman–Crippen LogP) is 3.82. The maximum Gasteiger partial charge on any atom is 0.187 e. The fourth-order valence-corrected chi connectivity index (χ4v) is 2.84. The summed E-state index contributed by atoms with van der Waals surface area (Å²) in [4.78, 5) is 4.25. The Hall–Kier alpha value is -2.94. The standard InChI is InChI=1S/C16H12F2N6S/c1-19-15-8-20-14-7-6-13(21-24(14)15)12-9-23(25-18)22-16(12)10-2-4-11(17)5-3-10/h2-9,19H,1H3. The van der Waals surface area contributed by atoms with Gasteiger partial charge in [-0.05, 0) is 36.4 Å². The zero-order valence-electron chi connectivity index (χ0n) is 13.0. The van der Waals surface area contributed by atoms with Crippen molar-refractivity contribution in [3.63, 3.8) is 0 Å². The lowest BCUT2D eigenvalue weighted by Crippen LogP contribution is -1.99. The topological polar surface area (TPSA) is 60.0 Å². The molecule has 0 fully saturated rings. The lowest BCUT2D eigenvalue weighted by molar-refractivity contribution is 0.628. The minimum Gasteiger partial charge on any atom is -0.372 e. The molecule has 4 aromatic rings. The third-order valence-electron chi connectivity index (χ3n) is 3.78. The molecule has 1 aromatic carbocycles. The number of hydrogen-bond acceptors (Lipinski definition) is 5. The molecule has 9 heteroatoms. The second kappa shape index (κ2) is 6.17. The Morgan fingerprint density at radius 2 is 1.88 bits per heavy atom. The van der Waals surface area contributed by atoms with Crippen molar-refractivity contribution in [3.8, 4) is 22.5 Å². The van der Waals surface area contributed by atoms with Gasteiger partial charge in [0.05, 0.1) is 18.1 Å². The first-order chi connectivity index (χ1) is 12.2. The van der Waals surface area contributed by atoms with Crippen molar-refractivity contribution in [1.29, 1.82) is 0 Å². The largest absolute Gasteiger partial charge is 0.372 e. The van der Waals surface area contributed by atoms with Gasteiger partial charge in [-0.1, -0.05) is 0 Å². The van der Waals surface area contributed by atoms with Crippen molar-refractivity contribution in [2.45, 2.75) is 0 Å². The zero-order chi connectivity index (χ0) is 17.4. The van der Waals surface area contributed by atoms with Gasteiger partial charge in [0.1, 0.15) is 17.3 Å². The van der Waals surface area contributed by atoms with Gasteiger partial charge in [0, 0.05) is 18.2 Å². The average molecular weight is 358 g/mol. The molecule has 0 saturated heterocycles. The molecule has 126 valence electrons. The van der Waals surface area contributed by atoms with Crippen LogP contribution < -0.4 is 5.32 Å². The van der Waals surface area contributed by atoms with Gasteiger partial charge in [0.15, 0.2) is 18.0 Å². The van der Waals surface area contributed by atoms with E-state index < -0.39 is 0 Å². The van der Waals surface area contributed by atoms with E-state index in [-0.39, 0.29) is 18.2 Å². The molecule has 0 aliphatic carbocycles. The SMILES string of the molecule is CNc1cnc2ccc(-c3cn(SF)nc3-c3ccc(F)cc3)nn12. The zero-order valence-corrected chi connectivity index (χ0v) is 13.8. The molecular formula is C16H12F2N6S. The second-order valence-electron chi connectivity index (χ2n) is 5.25. The summed E-state index contributed by atoms with van der Waals surface area (Å²) in [6, 6.07) is 9.49. The quantitative estimate of drug-likeness (QED) is 0.601. The molecule has 1 N–H and O–H groups in total. The van der Waals surface area contributed by atoms with E-state index >= 15 is 0 Å². The van der Waals surface area contributed by atoms with E-state index in [0.717, 1.165) is 9.90 Å². The Morgan fingerprint density at radius 1 is 1.08 bits per heavy atom. The van der Waals surface area contributed by atoms with Crippen LogP contribution in [-0.2, 0) is 0 Å². The summed E-state index contributed by atoms with van der Waals surface area (Å²) >= 11 is -0.0186. The van der Waals surface area contributed by atoms with Crippen LogP contribution in [0.4, 0.5) is 14.1 Å². The monoisotopic (exact) mass is 358 g/mol. The first-order valence-corrected chi connectivity index (χ1v) is 8.04. The predicted molar refractivity (Wildman–Crippen MR) is 93.2 cm³/mol. The van der Waals surface area contributed by atoms with Crippen molar-refractivity contribution >= 4 is 23.8 Å². The molecule has 0 atom stereocenters. The van der Waals surface area contributed by atoms with E-state index in [2.05, 4.69) is 20.5 Å². The van der Waals surface area contributed by atoms with Crippen LogP contribution in [0.3, 0.4) is 0 Å². The maximum absolute atomic E-state index is 13.2. The van der Waals surface area contributed by atoms with Gasteiger partial charge in [0.25, 0.3) is 0 Å². The Bertz CT molecular complexity index is 1040. The van der Waals surface area contributed by atoms with Crippen molar-refractivity contribution < 1.29 is 8.28 Å². The van der Waals surface area contributed by atoms with Crippen LogP contribution in [0.15, 0.2) is 48.8 Å². The number of anilines is 1. The maximum atomic E-state index is 13.2. The van der Waals surface area contributed by atoms with E-state index in [1.54, 1.807) is 42.2 Å². The molecular weight excluding hydrogens is 346 g/mol. The van der Waals surface area contributed by atoms with Crippen LogP contribution in [0.5, 0.6) is 0 Å². The van der Waals surface area contributed by atoms with E-state index in [1.807, 2.05) is 6.07 Å². The number of nitrogens with zero attached hydrogens (tertiary/aromatic N) is 5. The minimum atomic E-state index is -0.346. The lowest BCUT2D eigenvalue weighted by Gasteiger charge is -2.04. The van der Waals surface area contributed by atoms with E-state index in [0.29, 0.717) is 28.2 Å². The molecule has 6 nitrogen and oxygen atoms in total. The van der Waals surface area contributed by atoms with Gasteiger partial charge in [-0.15, -0.1) is 3.89 Å². The number of imidazole rings is 1. The fourth-order valence-electron chi connectivity index (χ4n) is 2.58. The Labute approximate surface area is 145 Å². The molecule has 0 radical (unpaired) electrons. The van der Waals surface area contributed by atoms with Crippen LogP contribution in [0.25, 0.3) is 28.2 Å². The number of rotatable bonds is 4. The summed E-state index contributed by atoms with van der Waals surface area (Å²) in [5.74, 6) is 0.383. The van der Waals surface area contributed by atoms with Gasteiger partial charge in [-0.3, -0.25) is 0 Å². The second-order valence-corrected chi connectivity index (χ2v) is 5.76. The summed E-state index contributed by atoms with van der Waals surface area (Å²) in [7, 11) is 1.78. The number of hydrogen-bond donors (Lipinski definition) is 1. The lowest BCUT2D eigenvalue weighted by atomic mass is 10.1. The van der Waals surface area contributed by atoms with Gasteiger partial charge >= 0.3 is 0 Å². The number of fused-ring (bicyclic) bond motifs is 1. The molecule has 0 unspecified atom stereocenters.